The summed E-state index contributed by atoms with van der Waals surface area (Å²) in [5.41, 5.74) is 0.350. The molecular weight excluding hydrogens is 274 g/mol. The summed E-state index contributed by atoms with van der Waals surface area (Å²) in [5.74, 6) is 2.13. The molecule has 0 bridgehead atoms. The summed E-state index contributed by atoms with van der Waals surface area (Å²) < 4.78 is 22.0. The molecule has 0 aliphatic carbocycles. The fourth-order valence-corrected chi connectivity index (χ4v) is 2.07. The molecule has 0 aliphatic rings. The average Bonchev–Trinajstić information content (AvgIpc) is 2.28. The number of rotatable bonds is 4. The van der Waals surface area contributed by atoms with E-state index in [2.05, 4.69) is 11.2 Å². The molecule has 0 saturated carbocycles. The number of hydrogen-bond acceptors (Lipinski definition) is 3. The minimum absolute atomic E-state index is 0.0441. The van der Waals surface area contributed by atoms with E-state index in [4.69, 9.17) is 17.1 Å². The number of carbonyl (C=O) groups excluding carboxylic acids is 1. The summed E-state index contributed by atoms with van der Waals surface area (Å²) >= 11 is 0. The third-order valence-corrected chi connectivity index (χ3v) is 3.57. The second-order valence-electron chi connectivity index (χ2n) is 3.74. The molecule has 0 radical (unpaired) electrons. The predicted octanol–water partition coefficient (Wildman–Crippen LogP) is 1.76. The van der Waals surface area contributed by atoms with Crippen LogP contribution in [0.2, 0.25) is 0 Å². The van der Waals surface area contributed by atoms with E-state index in [1.165, 1.54) is 24.3 Å². The molecule has 0 saturated heterocycles. The van der Waals surface area contributed by atoms with Crippen molar-refractivity contribution in [3.8, 4) is 12.3 Å². The van der Waals surface area contributed by atoms with Crippen LogP contribution in [0.4, 0.5) is 0 Å². The zero-order valence-electron chi connectivity index (χ0n) is 9.68. The monoisotopic (exact) mass is 285 g/mol. The molecule has 0 fully saturated rings. The van der Waals surface area contributed by atoms with Gasteiger partial charge in [-0.1, -0.05) is 0 Å². The van der Waals surface area contributed by atoms with Crippen LogP contribution in [0.5, 0.6) is 0 Å². The average molecular weight is 286 g/mol. The second kappa shape index (κ2) is 5.89. The van der Waals surface area contributed by atoms with E-state index in [9.17, 15) is 13.2 Å². The van der Waals surface area contributed by atoms with Crippen molar-refractivity contribution in [1.82, 2.24) is 5.32 Å². The van der Waals surface area contributed by atoms with Gasteiger partial charge >= 0.3 is 0 Å². The van der Waals surface area contributed by atoms with Crippen molar-refractivity contribution in [1.29, 1.82) is 0 Å². The van der Waals surface area contributed by atoms with E-state index in [1.807, 2.05) is 0 Å². The Morgan fingerprint density at radius 1 is 1.44 bits per heavy atom. The van der Waals surface area contributed by atoms with E-state index < -0.39 is 9.05 Å². The quantitative estimate of drug-likeness (QED) is 0.677. The van der Waals surface area contributed by atoms with E-state index in [0.29, 0.717) is 12.0 Å². The minimum atomic E-state index is -3.76. The van der Waals surface area contributed by atoms with Gasteiger partial charge in [0.05, 0.1) is 4.90 Å². The first kappa shape index (κ1) is 14.6. The molecule has 1 N–H and O–H groups in total. The van der Waals surface area contributed by atoms with Gasteiger partial charge in [-0.05, 0) is 31.2 Å². The van der Waals surface area contributed by atoms with Crippen molar-refractivity contribution in [3.63, 3.8) is 0 Å². The van der Waals surface area contributed by atoms with Crippen LogP contribution in [0.25, 0.3) is 0 Å². The molecular formula is C12H12ClNO3S. The molecule has 0 aromatic heterocycles. The number of nitrogens with one attached hydrogen (secondary N) is 1. The van der Waals surface area contributed by atoms with Gasteiger partial charge < -0.3 is 5.32 Å². The van der Waals surface area contributed by atoms with Crippen LogP contribution >= 0.6 is 10.7 Å². The van der Waals surface area contributed by atoms with Gasteiger partial charge in [0, 0.05) is 28.7 Å². The van der Waals surface area contributed by atoms with E-state index >= 15 is 0 Å². The van der Waals surface area contributed by atoms with Crippen molar-refractivity contribution in [2.24, 2.45) is 0 Å². The van der Waals surface area contributed by atoms with Crippen LogP contribution in [0.1, 0.15) is 23.7 Å². The Balaban J connectivity index is 2.81. The first-order chi connectivity index (χ1) is 8.34. The van der Waals surface area contributed by atoms with Crippen molar-refractivity contribution in [2.45, 2.75) is 24.3 Å². The Morgan fingerprint density at radius 2 is 2.00 bits per heavy atom. The van der Waals surface area contributed by atoms with Gasteiger partial charge in [0.1, 0.15) is 0 Å². The number of carbonyl (C=O) groups is 1. The molecule has 6 heteroatoms. The molecule has 1 amide bonds. The fourth-order valence-electron chi connectivity index (χ4n) is 1.30. The number of benzene rings is 1. The molecule has 1 unspecified atom stereocenters. The summed E-state index contributed by atoms with van der Waals surface area (Å²) in [6.45, 7) is 1.79. The third-order valence-electron chi connectivity index (χ3n) is 2.20. The summed E-state index contributed by atoms with van der Waals surface area (Å²) in [5, 5.41) is 2.69. The maximum atomic E-state index is 11.7. The molecule has 18 heavy (non-hydrogen) atoms. The second-order valence-corrected chi connectivity index (χ2v) is 6.31. The Kier molecular flexibility index (Phi) is 4.76. The number of amides is 1. The highest BCUT2D eigenvalue weighted by Gasteiger charge is 2.12. The number of terminal acetylenes is 1. The highest BCUT2D eigenvalue weighted by Crippen LogP contribution is 2.15. The van der Waals surface area contributed by atoms with Crippen molar-refractivity contribution < 1.29 is 13.2 Å². The number of halogens is 1. The zero-order valence-corrected chi connectivity index (χ0v) is 11.3. The molecule has 1 aromatic rings. The maximum Gasteiger partial charge on any atom is 0.261 e. The minimum Gasteiger partial charge on any atom is -0.349 e. The Morgan fingerprint density at radius 3 is 2.44 bits per heavy atom. The van der Waals surface area contributed by atoms with Gasteiger partial charge in [-0.2, -0.15) is 0 Å². The van der Waals surface area contributed by atoms with E-state index in [-0.39, 0.29) is 16.8 Å². The molecule has 1 aromatic carbocycles. The van der Waals surface area contributed by atoms with Crippen molar-refractivity contribution >= 4 is 25.6 Å². The summed E-state index contributed by atoms with van der Waals surface area (Å²) in [7, 11) is 1.40. The Labute approximate surface area is 111 Å². The first-order valence-corrected chi connectivity index (χ1v) is 7.44. The fraction of sp³-hybridized carbons (Fsp3) is 0.250. The summed E-state index contributed by atoms with van der Waals surface area (Å²) in [6, 6.07) is 5.21. The standard InChI is InChI=1S/C12H12ClNO3S/c1-3-4-9(2)14-12(15)10-5-7-11(8-6-10)18(13,16)17/h1,5-9H,4H2,2H3,(H,14,15). The lowest BCUT2D eigenvalue weighted by Crippen LogP contribution is -2.32. The van der Waals surface area contributed by atoms with Crippen molar-refractivity contribution in [2.75, 3.05) is 0 Å². The molecule has 1 rings (SSSR count). The van der Waals surface area contributed by atoms with E-state index in [0.717, 1.165) is 0 Å². The number of hydrogen-bond donors (Lipinski definition) is 1. The zero-order chi connectivity index (χ0) is 13.8. The van der Waals surface area contributed by atoms with Gasteiger partial charge in [-0.15, -0.1) is 12.3 Å². The van der Waals surface area contributed by atoms with E-state index in [1.54, 1.807) is 6.92 Å². The van der Waals surface area contributed by atoms with Crippen LogP contribution < -0.4 is 5.32 Å². The third kappa shape index (κ3) is 4.06. The van der Waals surface area contributed by atoms with Crippen molar-refractivity contribution in [3.05, 3.63) is 29.8 Å². The normalized spacial score (nSPS) is 12.5. The van der Waals surface area contributed by atoms with Gasteiger partial charge in [-0.3, -0.25) is 4.79 Å². The lowest BCUT2D eigenvalue weighted by Gasteiger charge is -2.10. The molecule has 1 atom stereocenters. The van der Waals surface area contributed by atoms with Crippen LogP contribution in [0, 0.1) is 12.3 Å². The smallest absolute Gasteiger partial charge is 0.261 e. The highest BCUT2D eigenvalue weighted by atomic mass is 35.7. The molecule has 0 aliphatic heterocycles. The van der Waals surface area contributed by atoms with Gasteiger partial charge in [0.25, 0.3) is 15.0 Å². The lowest BCUT2D eigenvalue weighted by molar-refractivity contribution is 0.0941. The summed E-state index contributed by atoms with van der Waals surface area (Å²) in [6.07, 6.45) is 5.56. The summed E-state index contributed by atoms with van der Waals surface area (Å²) in [4.78, 5) is 11.7. The van der Waals surface area contributed by atoms with Crippen LogP contribution in [-0.2, 0) is 9.05 Å². The molecule has 96 valence electrons. The topological polar surface area (TPSA) is 63.2 Å². The molecule has 0 heterocycles. The van der Waals surface area contributed by atoms with Gasteiger partial charge in [-0.25, -0.2) is 8.42 Å². The maximum absolute atomic E-state index is 11.7. The van der Waals surface area contributed by atoms with Crippen LogP contribution in [0.15, 0.2) is 29.2 Å². The SMILES string of the molecule is C#CCC(C)NC(=O)c1ccc(S(=O)(=O)Cl)cc1. The predicted molar refractivity (Wildman–Crippen MR) is 69.9 cm³/mol. The first-order valence-electron chi connectivity index (χ1n) is 5.13. The molecule has 4 nitrogen and oxygen atoms in total. The highest BCUT2D eigenvalue weighted by molar-refractivity contribution is 8.13. The Bertz CT molecular complexity index is 572. The van der Waals surface area contributed by atoms with Crippen LogP contribution in [-0.4, -0.2) is 20.4 Å². The van der Waals surface area contributed by atoms with Gasteiger partial charge in [0.15, 0.2) is 0 Å². The Hall–Kier alpha value is -1.51. The largest absolute Gasteiger partial charge is 0.349 e. The van der Waals surface area contributed by atoms with Gasteiger partial charge in [0.2, 0.25) is 0 Å². The lowest BCUT2D eigenvalue weighted by atomic mass is 10.2. The van der Waals surface area contributed by atoms with Crippen LogP contribution in [0.3, 0.4) is 0 Å². The molecule has 0 spiro atoms.